The van der Waals surface area contributed by atoms with Crippen LogP contribution in [0.5, 0.6) is 5.75 Å². The molecule has 0 heterocycles. The predicted molar refractivity (Wildman–Crippen MR) is 78.1 cm³/mol. The maximum Gasteiger partial charge on any atom is 0.136 e. The van der Waals surface area contributed by atoms with Crippen LogP contribution in [0.3, 0.4) is 0 Å². The molecule has 0 unspecified atom stereocenters. The third-order valence-electron chi connectivity index (χ3n) is 3.10. The number of nitrogens with one attached hydrogen (secondary N) is 1. The largest absolute Gasteiger partial charge is 0.495 e. The summed E-state index contributed by atoms with van der Waals surface area (Å²) in [6.07, 6.45) is 3.79. The van der Waals surface area contributed by atoms with Crippen molar-refractivity contribution in [3.05, 3.63) is 29.3 Å². The summed E-state index contributed by atoms with van der Waals surface area (Å²) < 4.78 is 5.20. The normalized spacial score (nSPS) is 10.5. The van der Waals surface area contributed by atoms with E-state index in [1.165, 1.54) is 19.3 Å². The number of nitriles is 1. The Hall–Kier alpha value is -1.53. The molecule has 0 fully saturated rings. The highest BCUT2D eigenvalue weighted by Gasteiger charge is 2.03. The van der Waals surface area contributed by atoms with Crippen molar-refractivity contribution < 1.29 is 4.74 Å². The molecule has 0 saturated heterocycles. The zero-order chi connectivity index (χ0) is 14.1. The molecule has 0 aliphatic rings. The molecule has 0 aromatic heterocycles. The Bertz CT molecular complexity index is 421. The minimum absolute atomic E-state index is 0.586. The summed E-state index contributed by atoms with van der Waals surface area (Å²) in [5, 5.41) is 12.3. The van der Waals surface area contributed by atoms with Crippen molar-refractivity contribution >= 4 is 0 Å². The lowest BCUT2D eigenvalue weighted by Crippen LogP contribution is -2.14. The number of nitrogens with zero attached hydrogens (tertiary/aromatic N) is 1. The second kappa shape index (κ2) is 8.55. The topological polar surface area (TPSA) is 45.0 Å². The average molecular weight is 260 g/mol. The molecule has 0 atom stereocenters. The second-order valence-electron chi connectivity index (χ2n) is 5.21. The maximum absolute atomic E-state index is 8.91. The lowest BCUT2D eigenvalue weighted by molar-refractivity contribution is 0.412. The van der Waals surface area contributed by atoms with E-state index in [0.717, 1.165) is 24.6 Å². The number of methoxy groups -OCH3 is 1. The molecule has 0 amide bonds. The molecule has 0 saturated carbocycles. The Balaban J connectivity index is 2.32. The van der Waals surface area contributed by atoms with E-state index in [1.807, 2.05) is 18.2 Å². The molecule has 0 aliphatic heterocycles. The van der Waals surface area contributed by atoms with Gasteiger partial charge in [0.1, 0.15) is 11.8 Å². The van der Waals surface area contributed by atoms with Crippen LogP contribution < -0.4 is 10.1 Å². The summed E-state index contributed by atoms with van der Waals surface area (Å²) in [6.45, 7) is 6.38. The molecule has 3 nitrogen and oxygen atoms in total. The van der Waals surface area contributed by atoms with Gasteiger partial charge >= 0.3 is 0 Å². The van der Waals surface area contributed by atoms with Gasteiger partial charge in [-0.15, -0.1) is 0 Å². The molecule has 19 heavy (non-hydrogen) atoms. The van der Waals surface area contributed by atoms with Crippen LogP contribution in [-0.2, 0) is 6.54 Å². The fourth-order valence-corrected chi connectivity index (χ4v) is 1.97. The second-order valence-corrected chi connectivity index (χ2v) is 5.21. The summed E-state index contributed by atoms with van der Waals surface area (Å²) >= 11 is 0. The third-order valence-corrected chi connectivity index (χ3v) is 3.10. The summed E-state index contributed by atoms with van der Waals surface area (Å²) in [7, 11) is 1.60. The first-order valence-electron chi connectivity index (χ1n) is 6.95. The van der Waals surface area contributed by atoms with Crippen LogP contribution in [0, 0.1) is 17.2 Å². The highest BCUT2D eigenvalue weighted by Crippen LogP contribution is 2.19. The van der Waals surface area contributed by atoms with Gasteiger partial charge in [0.25, 0.3) is 0 Å². The lowest BCUT2D eigenvalue weighted by atomic mass is 10.1. The fourth-order valence-electron chi connectivity index (χ4n) is 1.97. The van der Waals surface area contributed by atoms with Crippen LogP contribution in [0.4, 0.5) is 0 Å². The zero-order valence-electron chi connectivity index (χ0n) is 12.2. The van der Waals surface area contributed by atoms with Crippen LogP contribution >= 0.6 is 0 Å². The summed E-state index contributed by atoms with van der Waals surface area (Å²) in [6, 6.07) is 7.84. The van der Waals surface area contributed by atoms with E-state index < -0.39 is 0 Å². The Morgan fingerprint density at radius 2 is 2.11 bits per heavy atom. The smallest absolute Gasteiger partial charge is 0.136 e. The Morgan fingerprint density at radius 3 is 2.74 bits per heavy atom. The van der Waals surface area contributed by atoms with Crippen LogP contribution in [0.1, 0.15) is 44.2 Å². The van der Waals surface area contributed by atoms with Crippen LogP contribution in [0.2, 0.25) is 0 Å². The standard InChI is InChI=1S/C16H24N2O/c1-13(2)6-4-5-9-18-12-14-7-8-15(11-17)16(10-14)19-3/h7-8,10,13,18H,4-6,9,12H2,1-3H3. The van der Waals surface area contributed by atoms with Crippen molar-refractivity contribution in [1.82, 2.24) is 5.32 Å². The van der Waals surface area contributed by atoms with Gasteiger partial charge < -0.3 is 10.1 Å². The number of rotatable bonds is 8. The van der Waals surface area contributed by atoms with Crippen molar-refractivity contribution in [3.8, 4) is 11.8 Å². The molecule has 0 bridgehead atoms. The number of benzene rings is 1. The molecule has 1 aromatic carbocycles. The Morgan fingerprint density at radius 1 is 1.32 bits per heavy atom. The molecule has 0 radical (unpaired) electrons. The first-order valence-corrected chi connectivity index (χ1v) is 6.95. The van der Waals surface area contributed by atoms with Crippen molar-refractivity contribution in [1.29, 1.82) is 5.26 Å². The molecular formula is C16H24N2O. The van der Waals surface area contributed by atoms with E-state index in [9.17, 15) is 0 Å². The van der Waals surface area contributed by atoms with E-state index in [1.54, 1.807) is 7.11 Å². The van der Waals surface area contributed by atoms with Gasteiger partial charge in [0.2, 0.25) is 0 Å². The van der Waals surface area contributed by atoms with Crippen molar-refractivity contribution in [2.75, 3.05) is 13.7 Å². The molecule has 3 heteroatoms. The first-order chi connectivity index (χ1) is 9.17. The predicted octanol–water partition coefficient (Wildman–Crippen LogP) is 3.48. The van der Waals surface area contributed by atoms with Crippen molar-refractivity contribution in [2.45, 2.75) is 39.7 Å². The lowest BCUT2D eigenvalue weighted by Gasteiger charge is -2.08. The minimum Gasteiger partial charge on any atom is -0.495 e. The molecular weight excluding hydrogens is 236 g/mol. The monoisotopic (exact) mass is 260 g/mol. The number of hydrogen-bond donors (Lipinski definition) is 1. The van der Waals surface area contributed by atoms with Gasteiger partial charge in [-0.2, -0.15) is 5.26 Å². The molecule has 0 aliphatic carbocycles. The quantitative estimate of drug-likeness (QED) is 0.728. The summed E-state index contributed by atoms with van der Waals surface area (Å²) in [4.78, 5) is 0. The SMILES string of the molecule is COc1cc(CNCCCCC(C)C)ccc1C#N. The first kappa shape index (κ1) is 15.5. The van der Waals surface area contributed by atoms with Crippen molar-refractivity contribution in [3.63, 3.8) is 0 Å². The molecule has 104 valence electrons. The van der Waals surface area contributed by atoms with E-state index in [-0.39, 0.29) is 0 Å². The van der Waals surface area contributed by atoms with Crippen LogP contribution in [-0.4, -0.2) is 13.7 Å². The van der Waals surface area contributed by atoms with Crippen LogP contribution in [0.25, 0.3) is 0 Å². The van der Waals surface area contributed by atoms with Gasteiger partial charge in [-0.05, 0) is 36.6 Å². The maximum atomic E-state index is 8.91. The van der Waals surface area contributed by atoms with E-state index in [0.29, 0.717) is 11.3 Å². The Kier molecular flexibility index (Phi) is 6.99. The highest BCUT2D eigenvalue weighted by atomic mass is 16.5. The van der Waals surface area contributed by atoms with Gasteiger partial charge in [0, 0.05) is 6.54 Å². The number of unbranched alkanes of at least 4 members (excludes halogenated alkanes) is 1. The van der Waals surface area contributed by atoms with Gasteiger partial charge in [0.15, 0.2) is 0 Å². The Labute approximate surface area is 116 Å². The van der Waals surface area contributed by atoms with Gasteiger partial charge in [-0.25, -0.2) is 0 Å². The van der Waals surface area contributed by atoms with Gasteiger partial charge in [-0.1, -0.05) is 32.8 Å². The van der Waals surface area contributed by atoms with E-state index >= 15 is 0 Å². The zero-order valence-corrected chi connectivity index (χ0v) is 12.2. The molecule has 0 spiro atoms. The van der Waals surface area contributed by atoms with E-state index in [2.05, 4.69) is 25.2 Å². The number of hydrogen-bond acceptors (Lipinski definition) is 3. The average Bonchev–Trinajstić information content (AvgIpc) is 2.42. The van der Waals surface area contributed by atoms with Crippen molar-refractivity contribution in [2.24, 2.45) is 5.92 Å². The summed E-state index contributed by atoms with van der Waals surface area (Å²) in [5.41, 5.74) is 1.74. The van der Waals surface area contributed by atoms with Crippen LogP contribution in [0.15, 0.2) is 18.2 Å². The van der Waals surface area contributed by atoms with Gasteiger partial charge in [0.05, 0.1) is 12.7 Å². The number of ether oxygens (including phenoxy) is 1. The fraction of sp³-hybridized carbons (Fsp3) is 0.562. The minimum atomic E-state index is 0.586. The highest BCUT2D eigenvalue weighted by molar-refractivity contribution is 5.45. The molecule has 1 N–H and O–H groups in total. The van der Waals surface area contributed by atoms with Gasteiger partial charge in [-0.3, -0.25) is 0 Å². The molecule has 1 rings (SSSR count). The van der Waals surface area contributed by atoms with E-state index in [4.69, 9.17) is 10.00 Å². The summed E-state index contributed by atoms with van der Waals surface area (Å²) in [5.74, 6) is 1.45. The third kappa shape index (κ3) is 5.76. The molecule has 1 aromatic rings.